The molecule has 0 aromatic rings. The van der Waals surface area contributed by atoms with Crippen LogP contribution in [-0.4, -0.2) is 23.7 Å². The zero-order valence-corrected chi connectivity index (χ0v) is 18.2. The van der Waals surface area contributed by atoms with E-state index < -0.39 is 0 Å². The first-order valence-corrected chi connectivity index (χ1v) is 11.2. The molecule has 0 bridgehead atoms. The van der Waals surface area contributed by atoms with E-state index in [9.17, 15) is 9.90 Å². The van der Waals surface area contributed by atoms with Crippen molar-refractivity contribution >= 4 is 5.91 Å². The highest BCUT2D eigenvalue weighted by Gasteiger charge is 2.28. The minimum atomic E-state index is -0.0794. The maximum atomic E-state index is 12.0. The molecule has 0 saturated heterocycles. The largest absolute Gasteiger partial charge is 0.394 e. The van der Waals surface area contributed by atoms with Crippen molar-refractivity contribution in [3.63, 3.8) is 0 Å². The van der Waals surface area contributed by atoms with Crippen LogP contribution in [-0.2, 0) is 4.79 Å². The number of rotatable bonds is 10. The van der Waals surface area contributed by atoms with Crippen LogP contribution in [0.5, 0.6) is 0 Å². The highest BCUT2D eigenvalue weighted by molar-refractivity contribution is 5.76. The van der Waals surface area contributed by atoms with Crippen LogP contribution in [0.4, 0.5) is 0 Å². The van der Waals surface area contributed by atoms with E-state index in [0.29, 0.717) is 11.8 Å². The van der Waals surface area contributed by atoms with Crippen LogP contribution < -0.4 is 5.32 Å². The van der Waals surface area contributed by atoms with Gasteiger partial charge in [-0.25, -0.2) is 0 Å². The average Bonchev–Trinajstić information content (AvgIpc) is 2.55. The number of aliphatic hydroxyl groups is 1. The highest BCUT2D eigenvalue weighted by Crippen LogP contribution is 2.41. The fraction of sp³-hybridized carbons (Fsp3) is 0.957. The summed E-state index contributed by atoms with van der Waals surface area (Å²) in [6.07, 6.45) is 13.0. The molecule has 1 fully saturated rings. The molecule has 1 amide bonds. The molecule has 0 heterocycles. The van der Waals surface area contributed by atoms with Gasteiger partial charge in [-0.05, 0) is 61.7 Å². The summed E-state index contributed by atoms with van der Waals surface area (Å²) >= 11 is 0. The maximum Gasteiger partial charge on any atom is 0.220 e. The molecule has 3 heteroatoms. The van der Waals surface area contributed by atoms with E-state index >= 15 is 0 Å². The van der Waals surface area contributed by atoms with Gasteiger partial charge >= 0.3 is 0 Å². The molecule has 2 unspecified atom stereocenters. The number of aliphatic hydroxyl groups excluding tert-OH is 1. The van der Waals surface area contributed by atoms with Gasteiger partial charge in [0.15, 0.2) is 0 Å². The first kappa shape index (κ1) is 23.5. The Hall–Kier alpha value is -0.570. The van der Waals surface area contributed by atoms with Crippen LogP contribution in [0.2, 0.25) is 0 Å². The monoisotopic (exact) mass is 367 g/mol. The van der Waals surface area contributed by atoms with E-state index in [4.69, 9.17) is 0 Å². The Kier molecular flexibility index (Phi) is 10.8. The van der Waals surface area contributed by atoms with Crippen LogP contribution in [0, 0.1) is 23.2 Å². The summed E-state index contributed by atoms with van der Waals surface area (Å²) in [6, 6.07) is -0.0794. The molecule has 0 aromatic carbocycles. The number of carbonyl (C=O) groups is 1. The summed E-state index contributed by atoms with van der Waals surface area (Å²) in [5, 5.41) is 12.1. The van der Waals surface area contributed by atoms with Crippen LogP contribution in [0.1, 0.15) is 105 Å². The summed E-state index contributed by atoms with van der Waals surface area (Å²) in [7, 11) is 0. The molecule has 2 atom stereocenters. The highest BCUT2D eigenvalue weighted by atomic mass is 16.3. The van der Waals surface area contributed by atoms with Gasteiger partial charge in [0.05, 0.1) is 12.6 Å². The van der Waals surface area contributed by atoms with E-state index in [1.54, 1.807) is 0 Å². The van der Waals surface area contributed by atoms with Crippen LogP contribution >= 0.6 is 0 Å². The van der Waals surface area contributed by atoms with Crippen molar-refractivity contribution in [3.05, 3.63) is 0 Å². The lowest BCUT2D eigenvalue weighted by atomic mass is 9.70. The summed E-state index contributed by atoms with van der Waals surface area (Å²) in [5.74, 6) is 2.69. The van der Waals surface area contributed by atoms with Gasteiger partial charge in [-0.1, -0.05) is 60.3 Å². The predicted molar refractivity (Wildman–Crippen MR) is 111 cm³/mol. The molecule has 1 aliphatic carbocycles. The quantitative estimate of drug-likeness (QED) is 0.520. The zero-order chi connectivity index (χ0) is 19.6. The molecule has 3 nitrogen and oxygen atoms in total. The standard InChI is InChI=1S/C23H45NO2/c1-6-21(17-25)24-22(26)12-9-15-23(5)13-7-10-20(11-8-14-23)19(4)16-18(2)3/h18-21,25H,6-17H2,1-5H3,(H,24,26). The third-order valence-corrected chi connectivity index (χ3v) is 6.62. The second kappa shape index (κ2) is 12.0. The molecule has 1 rings (SSSR count). The lowest BCUT2D eigenvalue weighted by Gasteiger charge is -2.35. The minimum absolute atomic E-state index is 0.0380. The van der Waals surface area contributed by atoms with E-state index in [2.05, 4.69) is 33.0 Å². The molecule has 0 aromatic heterocycles. The van der Waals surface area contributed by atoms with Gasteiger partial charge in [-0.2, -0.15) is 0 Å². The Morgan fingerprint density at radius 2 is 1.81 bits per heavy atom. The number of hydrogen-bond donors (Lipinski definition) is 2. The number of carbonyl (C=O) groups excluding carboxylic acids is 1. The van der Waals surface area contributed by atoms with Crippen molar-refractivity contribution in [3.8, 4) is 0 Å². The van der Waals surface area contributed by atoms with Gasteiger partial charge in [0.2, 0.25) is 5.91 Å². The van der Waals surface area contributed by atoms with Crippen molar-refractivity contribution in [1.29, 1.82) is 0 Å². The van der Waals surface area contributed by atoms with Crippen molar-refractivity contribution in [2.45, 2.75) is 111 Å². The Balaban J connectivity index is 2.35. The summed E-state index contributed by atoms with van der Waals surface area (Å²) < 4.78 is 0. The summed E-state index contributed by atoms with van der Waals surface area (Å²) in [5.41, 5.74) is 0.410. The van der Waals surface area contributed by atoms with E-state index in [-0.39, 0.29) is 18.6 Å². The molecule has 0 spiro atoms. The molecule has 26 heavy (non-hydrogen) atoms. The third-order valence-electron chi connectivity index (χ3n) is 6.62. The molecule has 0 radical (unpaired) electrons. The van der Waals surface area contributed by atoms with Crippen molar-refractivity contribution in [1.82, 2.24) is 5.32 Å². The second-order valence-corrected chi connectivity index (χ2v) is 9.67. The second-order valence-electron chi connectivity index (χ2n) is 9.67. The van der Waals surface area contributed by atoms with Gasteiger partial charge in [0, 0.05) is 6.42 Å². The molecule has 0 aliphatic heterocycles. The van der Waals surface area contributed by atoms with Gasteiger partial charge in [-0.3, -0.25) is 4.79 Å². The first-order chi connectivity index (χ1) is 12.3. The fourth-order valence-corrected chi connectivity index (χ4v) is 4.86. The Labute approximate surface area is 162 Å². The van der Waals surface area contributed by atoms with Crippen LogP contribution in [0.3, 0.4) is 0 Å². The molecular weight excluding hydrogens is 322 g/mol. The Morgan fingerprint density at radius 3 is 2.31 bits per heavy atom. The Morgan fingerprint density at radius 1 is 1.19 bits per heavy atom. The molecular formula is C23H45NO2. The number of hydrogen-bond acceptors (Lipinski definition) is 2. The summed E-state index contributed by atoms with van der Waals surface area (Å²) in [4.78, 5) is 12.0. The molecule has 1 aliphatic rings. The van der Waals surface area contributed by atoms with Crippen molar-refractivity contribution < 1.29 is 9.90 Å². The lowest BCUT2D eigenvalue weighted by molar-refractivity contribution is -0.122. The van der Waals surface area contributed by atoms with Crippen molar-refractivity contribution in [2.24, 2.45) is 23.2 Å². The fourth-order valence-electron chi connectivity index (χ4n) is 4.86. The first-order valence-electron chi connectivity index (χ1n) is 11.2. The molecule has 1 saturated carbocycles. The van der Waals surface area contributed by atoms with Gasteiger partial charge in [-0.15, -0.1) is 0 Å². The number of nitrogens with one attached hydrogen (secondary N) is 1. The maximum absolute atomic E-state index is 12.0. The SMILES string of the molecule is CCC(CO)NC(=O)CCCC1(C)CCCC(C(C)CC(C)C)CCC1. The number of amides is 1. The topological polar surface area (TPSA) is 49.3 Å². The van der Waals surface area contributed by atoms with Gasteiger partial charge in [0.1, 0.15) is 0 Å². The lowest BCUT2D eigenvalue weighted by Crippen LogP contribution is -2.36. The summed E-state index contributed by atoms with van der Waals surface area (Å²) in [6.45, 7) is 11.6. The molecule has 154 valence electrons. The molecule has 2 N–H and O–H groups in total. The zero-order valence-electron chi connectivity index (χ0n) is 18.2. The Bertz CT molecular complexity index is 380. The minimum Gasteiger partial charge on any atom is -0.394 e. The van der Waals surface area contributed by atoms with Crippen LogP contribution in [0.15, 0.2) is 0 Å². The van der Waals surface area contributed by atoms with Crippen LogP contribution in [0.25, 0.3) is 0 Å². The predicted octanol–water partition coefficient (Wildman–Crippen LogP) is 5.70. The smallest absolute Gasteiger partial charge is 0.220 e. The average molecular weight is 368 g/mol. The van der Waals surface area contributed by atoms with E-state index in [0.717, 1.165) is 37.0 Å². The normalized spacial score (nSPS) is 26.8. The van der Waals surface area contributed by atoms with Gasteiger partial charge in [0.25, 0.3) is 0 Å². The van der Waals surface area contributed by atoms with Crippen molar-refractivity contribution in [2.75, 3.05) is 6.61 Å². The van der Waals surface area contributed by atoms with E-state index in [1.165, 1.54) is 44.9 Å². The third kappa shape index (κ3) is 8.88. The van der Waals surface area contributed by atoms with E-state index in [1.807, 2.05) is 6.92 Å². The van der Waals surface area contributed by atoms with Gasteiger partial charge < -0.3 is 10.4 Å².